The third-order valence-corrected chi connectivity index (χ3v) is 4.03. The molecular weight excluding hydrogens is 278 g/mol. The third kappa shape index (κ3) is 3.33. The quantitative estimate of drug-likeness (QED) is 0.863. The summed E-state index contributed by atoms with van der Waals surface area (Å²) >= 11 is 0. The van der Waals surface area contributed by atoms with Crippen molar-refractivity contribution in [3.05, 3.63) is 41.7 Å². The Morgan fingerprint density at radius 3 is 2.95 bits per heavy atom. The predicted octanol–water partition coefficient (Wildman–Crippen LogP) is 0.986. The molecule has 0 aliphatic carbocycles. The summed E-state index contributed by atoms with van der Waals surface area (Å²) in [6, 6.07) is 10.2. The molecule has 22 heavy (non-hydrogen) atoms. The SMILES string of the molecule is Cc1c(CC(=O)NCC2CCCN2)nnn1-c1ccccc1. The minimum Gasteiger partial charge on any atom is -0.354 e. The van der Waals surface area contributed by atoms with Crippen LogP contribution in [-0.2, 0) is 11.2 Å². The van der Waals surface area contributed by atoms with Crippen molar-refractivity contribution < 1.29 is 4.79 Å². The van der Waals surface area contributed by atoms with E-state index in [0.717, 1.165) is 30.0 Å². The van der Waals surface area contributed by atoms with E-state index in [1.54, 1.807) is 4.68 Å². The van der Waals surface area contributed by atoms with Crippen LogP contribution in [0.25, 0.3) is 5.69 Å². The van der Waals surface area contributed by atoms with Crippen molar-refractivity contribution in [3.63, 3.8) is 0 Å². The average Bonchev–Trinajstić information content (AvgIpc) is 3.17. The largest absolute Gasteiger partial charge is 0.354 e. The highest BCUT2D eigenvalue weighted by molar-refractivity contribution is 5.78. The molecule has 2 aromatic rings. The van der Waals surface area contributed by atoms with E-state index in [4.69, 9.17) is 0 Å². The van der Waals surface area contributed by atoms with Crippen LogP contribution in [0, 0.1) is 6.92 Å². The Kier molecular flexibility index (Phi) is 4.48. The number of hydrogen-bond acceptors (Lipinski definition) is 4. The number of hydrogen-bond donors (Lipinski definition) is 2. The summed E-state index contributed by atoms with van der Waals surface area (Å²) in [5, 5.41) is 14.6. The van der Waals surface area contributed by atoms with Crippen molar-refractivity contribution in [2.75, 3.05) is 13.1 Å². The first-order chi connectivity index (χ1) is 10.7. The zero-order chi connectivity index (χ0) is 15.4. The molecule has 3 rings (SSSR count). The molecule has 6 nitrogen and oxygen atoms in total. The van der Waals surface area contributed by atoms with Crippen LogP contribution in [0.5, 0.6) is 0 Å². The van der Waals surface area contributed by atoms with Crippen molar-refractivity contribution >= 4 is 5.91 Å². The maximum absolute atomic E-state index is 12.1. The van der Waals surface area contributed by atoms with E-state index in [9.17, 15) is 4.79 Å². The van der Waals surface area contributed by atoms with Crippen LogP contribution < -0.4 is 10.6 Å². The number of nitrogens with zero attached hydrogens (tertiary/aromatic N) is 3. The van der Waals surface area contributed by atoms with Crippen LogP contribution in [-0.4, -0.2) is 40.0 Å². The van der Waals surface area contributed by atoms with E-state index in [0.29, 0.717) is 12.6 Å². The van der Waals surface area contributed by atoms with Gasteiger partial charge in [0, 0.05) is 12.6 Å². The van der Waals surface area contributed by atoms with Gasteiger partial charge in [-0.25, -0.2) is 4.68 Å². The van der Waals surface area contributed by atoms with Gasteiger partial charge in [0.2, 0.25) is 5.91 Å². The van der Waals surface area contributed by atoms with Gasteiger partial charge in [-0.2, -0.15) is 0 Å². The van der Waals surface area contributed by atoms with E-state index < -0.39 is 0 Å². The van der Waals surface area contributed by atoms with E-state index in [1.165, 1.54) is 6.42 Å². The summed E-state index contributed by atoms with van der Waals surface area (Å²) in [6.07, 6.45) is 2.58. The lowest BCUT2D eigenvalue weighted by atomic mass is 10.2. The van der Waals surface area contributed by atoms with Gasteiger partial charge in [-0.05, 0) is 38.4 Å². The Morgan fingerprint density at radius 2 is 2.23 bits per heavy atom. The molecule has 2 heterocycles. The molecule has 1 saturated heterocycles. The number of carbonyl (C=O) groups excluding carboxylic acids is 1. The number of benzene rings is 1. The summed E-state index contributed by atoms with van der Waals surface area (Å²) in [5.74, 6) is -0.00286. The van der Waals surface area contributed by atoms with Crippen LogP contribution in [0.1, 0.15) is 24.2 Å². The first kappa shape index (κ1) is 14.7. The summed E-state index contributed by atoms with van der Waals surface area (Å²) in [5.41, 5.74) is 2.58. The molecule has 6 heteroatoms. The van der Waals surface area contributed by atoms with Gasteiger partial charge in [-0.3, -0.25) is 4.79 Å². The van der Waals surface area contributed by atoms with Crippen LogP contribution in [0.3, 0.4) is 0 Å². The monoisotopic (exact) mass is 299 g/mol. The van der Waals surface area contributed by atoms with Crippen molar-refractivity contribution in [1.29, 1.82) is 0 Å². The van der Waals surface area contributed by atoms with Crippen molar-refractivity contribution in [2.45, 2.75) is 32.2 Å². The minimum absolute atomic E-state index is 0.00286. The highest BCUT2D eigenvalue weighted by atomic mass is 16.1. The maximum atomic E-state index is 12.1. The fraction of sp³-hybridized carbons (Fsp3) is 0.438. The van der Waals surface area contributed by atoms with Gasteiger partial charge in [-0.15, -0.1) is 5.10 Å². The number of nitrogens with one attached hydrogen (secondary N) is 2. The second kappa shape index (κ2) is 6.70. The Morgan fingerprint density at radius 1 is 1.41 bits per heavy atom. The van der Waals surface area contributed by atoms with Gasteiger partial charge in [0.1, 0.15) is 0 Å². The van der Waals surface area contributed by atoms with Crippen LogP contribution in [0.4, 0.5) is 0 Å². The summed E-state index contributed by atoms with van der Waals surface area (Å²) in [7, 11) is 0. The molecule has 0 bridgehead atoms. The topological polar surface area (TPSA) is 71.8 Å². The zero-order valence-corrected chi connectivity index (χ0v) is 12.7. The van der Waals surface area contributed by atoms with Gasteiger partial charge >= 0.3 is 0 Å². The Balaban J connectivity index is 1.61. The molecule has 1 aliphatic heterocycles. The van der Waals surface area contributed by atoms with Gasteiger partial charge in [0.05, 0.1) is 23.5 Å². The molecule has 1 aromatic heterocycles. The first-order valence-corrected chi connectivity index (χ1v) is 7.71. The molecule has 0 radical (unpaired) electrons. The van der Waals surface area contributed by atoms with Crippen LogP contribution in [0.2, 0.25) is 0 Å². The molecule has 1 aromatic carbocycles. The van der Waals surface area contributed by atoms with Gasteiger partial charge in [0.25, 0.3) is 0 Å². The second-order valence-corrected chi connectivity index (χ2v) is 5.64. The zero-order valence-electron chi connectivity index (χ0n) is 12.7. The average molecular weight is 299 g/mol. The number of aromatic nitrogens is 3. The molecule has 1 fully saturated rings. The Hall–Kier alpha value is -2.21. The normalized spacial score (nSPS) is 17.6. The Bertz CT molecular complexity index is 631. The predicted molar refractivity (Wildman–Crippen MR) is 83.8 cm³/mol. The van der Waals surface area contributed by atoms with Crippen molar-refractivity contribution in [2.24, 2.45) is 0 Å². The molecule has 0 spiro atoms. The molecule has 2 N–H and O–H groups in total. The van der Waals surface area contributed by atoms with E-state index in [1.807, 2.05) is 37.3 Å². The number of carbonyl (C=O) groups is 1. The summed E-state index contributed by atoms with van der Waals surface area (Å²) in [6.45, 7) is 3.67. The van der Waals surface area contributed by atoms with Crippen LogP contribution in [0.15, 0.2) is 30.3 Å². The second-order valence-electron chi connectivity index (χ2n) is 5.64. The maximum Gasteiger partial charge on any atom is 0.226 e. The molecule has 1 atom stereocenters. The summed E-state index contributed by atoms with van der Waals surface area (Å²) < 4.78 is 1.77. The number of para-hydroxylation sites is 1. The van der Waals surface area contributed by atoms with E-state index in [2.05, 4.69) is 20.9 Å². The van der Waals surface area contributed by atoms with Gasteiger partial charge in [-0.1, -0.05) is 23.4 Å². The lowest BCUT2D eigenvalue weighted by molar-refractivity contribution is -0.120. The van der Waals surface area contributed by atoms with E-state index >= 15 is 0 Å². The van der Waals surface area contributed by atoms with Crippen molar-refractivity contribution in [1.82, 2.24) is 25.6 Å². The fourth-order valence-electron chi connectivity index (χ4n) is 2.72. The lowest BCUT2D eigenvalue weighted by Gasteiger charge is -2.11. The molecule has 116 valence electrons. The van der Waals surface area contributed by atoms with Crippen LogP contribution >= 0.6 is 0 Å². The van der Waals surface area contributed by atoms with Crippen molar-refractivity contribution in [3.8, 4) is 5.69 Å². The van der Waals surface area contributed by atoms with Gasteiger partial charge in [0.15, 0.2) is 0 Å². The fourth-order valence-corrected chi connectivity index (χ4v) is 2.72. The third-order valence-electron chi connectivity index (χ3n) is 4.03. The number of amides is 1. The van der Waals surface area contributed by atoms with E-state index in [-0.39, 0.29) is 12.3 Å². The highest BCUT2D eigenvalue weighted by Crippen LogP contribution is 2.12. The summed E-state index contributed by atoms with van der Waals surface area (Å²) in [4.78, 5) is 12.1. The highest BCUT2D eigenvalue weighted by Gasteiger charge is 2.17. The molecule has 1 amide bonds. The first-order valence-electron chi connectivity index (χ1n) is 7.71. The minimum atomic E-state index is -0.00286. The number of rotatable bonds is 5. The standard InChI is InChI=1S/C16H21N5O/c1-12-15(10-16(22)18-11-13-6-5-9-17-13)19-20-21(12)14-7-3-2-4-8-14/h2-4,7-8,13,17H,5-6,9-11H2,1H3,(H,18,22). The molecule has 1 aliphatic rings. The molecule has 0 saturated carbocycles. The lowest BCUT2D eigenvalue weighted by Crippen LogP contribution is -2.37. The van der Waals surface area contributed by atoms with Gasteiger partial charge < -0.3 is 10.6 Å². The molecular formula is C16H21N5O. The molecule has 1 unspecified atom stereocenters. The Labute approximate surface area is 129 Å². The smallest absolute Gasteiger partial charge is 0.226 e.